The van der Waals surface area contributed by atoms with Crippen LogP contribution in [0, 0.1) is 0 Å². The van der Waals surface area contributed by atoms with Crippen molar-refractivity contribution in [3.8, 4) is 0 Å². The molecule has 100 valence electrons. The molecule has 0 amide bonds. The number of halogens is 1. The maximum Gasteiger partial charge on any atom is 0.356 e. The number of carbonyl (C=O) groups excluding carboxylic acids is 1. The van der Waals surface area contributed by atoms with Crippen LogP contribution in [0.2, 0.25) is 0 Å². The molecule has 3 rings (SSSR count). The molecule has 1 saturated heterocycles. The lowest BCUT2D eigenvalue weighted by molar-refractivity contribution is 0.0585. The summed E-state index contributed by atoms with van der Waals surface area (Å²) in [5.41, 5.74) is 1.28. The number of methoxy groups -OCH3 is 1. The average Bonchev–Trinajstić information content (AvgIpc) is 3.03. The van der Waals surface area contributed by atoms with E-state index in [1.54, 1.807) is 4.68 Å². The van der Waals surface area contributed by atoms with Crippen LogP contribution in [0.4, 0.5) is 0 Å². The molecule has 19 heavy (non-hydrogen) atoms. The van der Waals surface area contributed by atoms with Crippen molar-refractivity contribution >= 4 is 32.8 Å². The molecule has 1 aromatic heterocycles. The van der Waals surface area contributed by atoms with Gasteiger partial charge in [0.2, 0.25) is 0 Å². The normalized spacial score (nSPS) is 18.9. The lowest BCUT2D eigenvalue weighted by Crippen LogP contribution is -2.17. The second-order valence-corrected chi connectivity index (χ2v) is 5.38. The van der Waals surface area contributed by atoms with Crippen LogP contribution in [0.3, 0.4) is 0 Å². The second-order valence-electron chi connectivity index (χ2n) is 4.46. The van der Waals surface area contributed by atoms with Gasteiger partial charge in [0.25, 0.3) is 0 Å². The summed E-state index contributed by atoms with van der Waals surface area (Å²) in [5.74, 6) is -0.368. The molecule has 0 aliphatic carbocycles. The van der Waals surface area contributed by atoms with Crippen LogP contribution < -0.4 is 0 Å². The molecule has 5 nitrogen and oxygen atoms in total. The van der Waals surface area contributed by atoms with Gasteiger partial charge >= 0.3 is 5.97 Å². The third-order valence-corrected chi connectivity index (χ3v) is 3.78. The van der Waals surface area contributed by atoms with Crippen molar-refractivity contribution in [2.45, 2.75) is 12.5 Å². The molecular weight excluding hydrogens is 312 g/mol. The summed E-state index contributed by atoms with van der Waals surface area (Å²) in [6.07, 6.45) is 0.860. The van der Waals surface area contributed by atoms with E-state index in [2.05, 4.69) is 21.0 Å². The quantitative estimate of drug-likeness (QED) is 0.797. The zero-order valence-corrected chi connectivity index (χ0v) is 12.0. The Labute approximate surface area is 118 Å². The van der Waals surface area contributed by atoms with Crippen LogP contribution in [0.25, 0.3) is 10.9 Å². The number of benzene rings is 1. The zero-order valence-electron chi connectivity index (χ0n) is 10.4. The number of carbonyl (C=O) groups is 1. The molecule has 1 atom stereocenters. The van der Waals surface area contributed by atoms with Crippen LogP contribution in [0.15, 0.2) is 22.7 Å². The number of aromatic nitrogens is 2. The Bertz CT molecular complexity index is 632. The number of nitrogens with zero attached hydrogens (tertiary/aromatic N) is 2. The van der Waals surface area contributed by atoms with Gasteiger partial charge in [-0.3, -0.25) is 4.68 Å². The molecule has 1 unspecified atom stereocenters. The molecular formula is C13H13BrN2O3. The van der Waals surface area contributed by atoms with Crippen LogP contribution in [-0.4, -0.2) is 36.1 Å². The fraction of sp³-hybridized carbons (Fsp3) is 0.385. The molecule has 1 aromatic carbocycles. The molecule has 1 aliphatic rings. The Hall–Kier alpha value is -1.40. The predicted molar refractivity (Wildman–Crippen MR) is 73.2 cm³/mol. The number of ether oxygens (including phenoxy) is 2. The Kier molecular flexibility index (Phi) is 3.28. The van der Waals surface area contributed by atoms with Crippen molar-refractivity contribution in [1.82, 2.24) is 9.78 Å². The molecule has 1 fully saturated rings. The van der Waals surface area contributed by atoms with Crippen molar-refractivity contribution in [2.24, 2.45) is 0 Å². The minimum Gasteiger partial charge on any atom is -0.464 e. The van der Waals surface area contributed by atoms with Gasteiger partial charge in [-0.15, -0.1) is 0 Å². The summed E-state index contributed by atoms with van der Waals surface area (Å²) < 4.78 is 12.9. The number of hydrogen-bond acceptors (Lipinski definition) is 4. The Balaban J connectivity index is 2.21. The van der Waals surface area contributed by atoms with Crippen LogP contribution in [-0.2, 0) is 9.47 Å². The first-order chi connectivity index (χ1) is 9.20. The monoisotopic (exact) mass is 324 g/mol. The van der Waals surface area contributed by atoms with Gasteiger partial charge < -0.3 is 9.47 Å². The number of hydrogen-bond donors (Lipinski definition) is 0. The fourth-order valence-electron chi connectivity index (χ4n) is 2.35. The average molecular weight is 325 g/mol. The van der Waals surface area contributed by atoms with Crippen LogP contribution >= 0.6 is 15.9 Å². The Morgan fingerprint density at radius 1 is 1.58 bits per heavy atom. The van der Waals surface area contributed by atoms with Crippen LogP contribution in [0.1, 0.15) is 23.0 Å². The molecule has 6 heteroatoms. The lowest BCUT2D eigenvalue weighted by Gasteiger charge is -2.11. The van der Waals surface area contributed by atoms with Gasteiger partial charge in [0.15, 0.2) is 5.69 Å². The molecule has 1 aliphatic heterocycles. The molecule has 0 N–H and O–H groups in total. The summed E-state index contributed by atoms with van der Waals surface area (Å²) in [5, 5.41) is 5.32. The van der Waals surface area contributed by atoms with E-state index in [0.29, 0.717) is 18.9 Å². The lowest BCUT2D eigenvalue weighted by atomic mass is 10.2. The van der Waals surface area contributed by atoms with Crippen molar-refractivity contribution in [3.63, 3.8) is 0 Å². The van der Waals surface area contributed by atoms with Gasteiger partial charge in [-0.25, -0.2) is 4.79 Å². The summed E-state index contributed by atoms with van der Waals surface area (Å²) in [6.45, 7) is 1.28. The summed E-state index contributed by atoms with van der Waals surface area (Å²) in [6, 6.07) is 5.78. The summed E-state index contributed by atoms with van der Waals surface area (Å²) in [7, 11) is 1.38. The van der Waals surface area contributed by atoms with Gasteiger partial charge in [-0.2, -0.15) is 5.10 Å². The predicted octanol–water partition coefficient (Wildman–Crippen LogP) is 2.55. The van der Waals surface area contributed by atoms with Crippen molar-refractivity contribution < 1.29 is 14.3 Å². The topological polar surface area (TPSA) is 53.3 Å². The van der Waals surface area contributed by atoms with Gasteiger partial charge in [0.1, 0.15) is 0 Å². The van der Waals surface area contributed by atoms with Gasteiger partial charge in [0, 0.05) is 16.5 Å². The van der Waals surface area contributed by atoms with E-state index in [-0.39, 0.29) is 12.0 Å². The number of fused-ring (bicyclic) bond motifs is 1. The van der Waals surface area contributed by atoms with Crippen molar-refractivity contribution in [2.75, 3.05) is 20.3 Å². The molecule has 0 spiro atoms. The SMILES string of the molecule is COC(=O)c1c2cc(Br)ccc2nn1C1CCOC1. The van der Waals surface area contributed by atoms with E-state index in [1.807, 2.05) is 18.2 Å². The van der Waals surface area contributed by atoms with E-state index in [9.17, 15) is 4.79 Å². The highest BCUT2D eigenvalue weighted by Crippen LogP contribution is 2.28. The Morgan fingerprint density at radius 2 is 2.42 bits per heavy atom. The minimum absolute atomic E-state index is 0.0975. The Morgan fingerprint density at radius 3 is 3.11 bits per heavy atom. The van der Waals surface area contributed by atoms with Gasteiger partial charge in [0.05, 0.1) is 25.3 Å². The summed E-state index contributed by atoms with van der Waals surface area (Å²) in [4.78, 5) is 12.0. The molecule has 0 radical (unpaired) electrons. The molecule has 2 aromatic rings. The largest absolute Gasteiger partial charge is 0.464 e. The standard InChI is InChI=1S/C13H13BrN2O3/c1-18-13(17)12-10-6-8(14)2-3-11(10)15-16(12)9-4-5-19-7-9/h2-3,6,9H,4-5,7H2,1H3. The first kappa shape index (κ1) is 12.6. The van der Waals surface area contributed by atoms with Crippen molar-refractivity contribution in [3.05, 3.63) is 28.4 Å². The second kappa shape index (κ2) is 4.94. The zero-order chi connectivity index (χ0) is 13.4. The minimum atomic E-state index is -0.368. The highest BCUT2D eigenvalue weighted by molar-refractivity contribution is 9.10. The third kappa shape index (κ3) is 2.15. The molecule has 0 bridgehead atoms. The van der Waals surface area contributed by atoms with E-state index in [4.69, 9.17) is 9.47 Å². The van der Waals surface area contributed by atoms with E-state index in [0.717, 1.165) is 21.8 Å². The van der Waals surface area contributed by atoms with E-state index < -0.39 is 0 Å². The van der Waals surface area contributed by atoms with Crippen molar-refractivity contribution in [1.29, 1.82) is 0 Å². The molecule has 2 heterocycles. The number of rotatable bonds is 2. The maximum atomic E-state index is 12.0. The summed E-state index contributed by atoms with van der Waals surface area (Å²) >= 11 is 3.42. The van der Waals surface area contributed by atoms with Crippen LogP contribution in [0.5, 0.6) is 0 Å². The fourth-order valence-corrected chi connectivity index (χ4v) is 2.72. The first-order valence-electron chi connectivity index (χ1n) is 6.04. The highest BCUT2D eigenvalue weighted by Gasteiger charge is 2.27. The maximum absolute atomic E-state index is 12.0. The van der Waals surface area contributed by atoms with Gasteiger partial charge in [-0.1, -0.05) is 15.9 Å². The molecule has 0 saturated carbocycles. The third-order valence-electron chi connectivity index (χ3n) is 3.29. The smallest absolute Gasteiger partial charge is 0.356 e. The van der Waals surface area contributed by atoms with E-state index in [1.165, 1.54) is 7.11 Å². The highest BCUT2D eigenvalue weighted by atomic mass is 79.9. The van der Waals surface area contributed by atoms with E-state index >= 15 is 0 Å². The van der Waals surface area contributed by atoms with Gasteiger partial charge in [-0.05, 0) is 24.6 Å². The number of esters is 1. The first-order valence-corrected chi connectivity index (χ1v) is 6.84.